The van der Waals surface area contributed by atoms with Gasteiger partial charge in [-0.1, -0.05) is 0 Å². The van der Waals surface area contributed by atoms with Gasteiger partial charge in [0, 0.05) is 12.6 Å². The smallest absolute Gasteiger partial charge is 0.285 e. The van der Waals surface area contributed by atoms with E-state index < -0.39 is 39.8 Å². The first kappa shape index (κ1) is 14.0. The van der Waals surface area contributed by atoms with Crippen molar-refractivity contribution in [1.29, 1.82) is 0 Å². The van der Waals surface area contributed by atoms with Crippen LogP contribution in [0.15, 0.2) is 12.1 Å². The molecule has 3 N–H and O–H groups in total. The Morgan fingerprint density at radius 3 is 2.56 bits per heavy atom. The van der Waals surface area contributed by atoms with E-state index in [-0.39, 0.29) is 6.54 Å². The van der Waals surface area contributed by atoms with Gasteiger partial charge in [-0.25, -0.2) is 8.78 Å². The highest BCUT2D eigenvalue weighted by molar-refractivity contribution is 5.98. The average molecular weight is 259 g/mol. The molecule has 0 bridgehead atoms. The van der Waals surface area contributed by atoms with E-state index in [1.54, 1.807) is 6.92 Å². The minimum atomic E-state index is -1.38. The number of nitrogens with zero attached hydrogens (tertiary/aromatic N) is 1. The van der Waals surface area contributed by atoms with E-state index in [9.17, 15) is 23.7 Å². The zero-order chi connectivity index (χ0) is 13.9. The molecule has 0 radical (unpaired) electrons. The molecule has 18 heavy (non-hydrogen) atoms. The van der Waals surface area contributed by atoms with E-state index >= 15 is 0 Å². The van der Waals surface area contributed by atoms with Gasteiger partial charge in [-0.2, -0.15) is 0 Å². The van der Waals surface area contributed by atoms with Gasteiger partial charge < -0.3 is 11.1 Å². The molecule has 0 aliphatic carbocycles. The Labute approximate surface area is 101 Å². The minimum Gasteiger partial charge on any atom is -0.348 e. The van der Waals surface area contributed by atoms with Gasteiger partial charge in [-0.05, 0) is 13.0 Å². The number of nitrogens with two attached hydrogens (primary N) is 1. The van der Waals surface area contributed by atoms with Gasteiger partial charge in [-0.3, -0.25) is 14.9 Å². The lowest BCUT2D eigenvalue weighted by molar-refractivity contribution is -0.385. The highest BCUT2D eigenvalue weighted by atomic mass is 19.2. The summed E-state index contributed by atoms with van der Waals surface area (Å²) in [4.78, 5) is 21.3. The Kier molecular flexibility index (Phi) is 4.27. The fraction of sp³-hybridized carbons (Fsp3) is 0.300. The van der Waals surface area contributed by atoms with Crippen molar-refractivity contribution < 1.29 is 18.5 Å². The Morgan fingerprint density at radius 1 is 1.50 bits per heavy atom. The second-order valence-corrected chi connectivity index (χ2v) is 3.65. The normalized spacial score (nSPS) is 12.0. The molecule has 1 amide bonds. The summed E-state index contributed by atoms with van der Waals surface area (Å²) in [5, 5.41) is 13.0. The number of carbonyl (C=O) groups is 1. The molecule has 0 saturated carbocycles. The summed E-state index contributed by atoms with van der Waals surface area (Å²) in [5.41, 5.74) is 3.93. The van der Waals surface area contributed by atoms with Crippen molar-refractivity contribution in [2.75, 3.05) is 6.54 Å². The van der Waals surface area contributed by atoms with Crippen LogP contribution in [-0.4, -0.2) is 23.4 Å². The maximum atomic E-state index is 13.0. The van der Waals surface area contributed by atoms with Crippen LogP contribution in [0.4, 0.5) is 14.5 Å². The maximum Gasteiger partial charge on any atom is 0.285 e. The minimum absolute atomic E-state index is 0.114. The lowest BCUT2D eigenvalue weighted by Crippen LogP contribution is -2.38. The van der Waals surface area contributed by atoms with Gasteiger partial charge in [0.25, 0.3) is 11.6 Å². The van der Waals surface area contributed by atoms with E-state index in [0.29, 0.717) is 12.1 Å². The third kappa shape index (κ3) is 2.98. The van der Waals surface area contributed by atoms with E-state index in [4.69, 9.17) is 5.73 Å². The molecule has 1 atom stereocenters. The van der Waals surface area contributed by atoms with Crippen LogP contribution in [0.25, 0.3) is 0 Å². The molecular weight excluding hydrogens is 248 g/mol. The van der Waals surface area contributed by atoms with Crippen LogP contribution >= 0.6 is 0 Å². The van der Waals surface area contributed by atoms with Gasteiger partial charge >= 0.3 is 0 Å². The lowest BCUT2D eigenvalue weighted by atomic mass is 10.1. The number of benzene rings is 1. The number of hydrogen-bond donors (Lipinski definition) is 2. The van der Waals surface area contributed by atoms with Crippen molar-refractivity contribution in [3.8, 4) is 0 Å². The molecule has 98 valence electrons. The Morgan fingerprint density at radius 2 is 2.06 bits per heavy atom. The van der Waals surface area contributed by atoms with Gasteiger partial charge in [0.15, 0.2) is 11.6 Å². The van der Waals surface area contributed by atoms with Crippen LogP contribution in [0.5, 0.6) is 0 Å². The molecule has 6 nitrogen and oxygen atoms in total. The van der Waals surface area contributed by atoms with Gasteiger partial charge in [-0.15, -0.1) is 0 Å². The summed E-state index contributed by atoms with van der Waals surface area (Å²) in [6.45, 7) is 1.69. The Hall–Kier alpha value is -2.09. The summed E-state index contributed by atoms with van der Waals surface area (Å²) in [5.74, 6) is -3.59. The molecule has 1 rings (SSSR count). The number of carbonyl (C=O) groups excluding carboxylic acids is 1. The predicted molar refractivity (Wildman–Crippen MR) is 59.0 cm³/mol. The van der Waals surface area contributed by atoms with Crippen molar-refractivity contribution in [3.05, 3.63) is 39.4 Å². The first-order valence-corrected chi connectivity index (χ1v) is 5.01. The average Bonchev–Trinajstić information content (AvgIpc) is 2.31. The first-order valence-electron chi connectivity index (χ1n) is 5.01. The summed E-state index contributed by atoms with van der Waals surface area (Å²) in [6, 6.07) is 0.425. The molecule has 0 aromatic heterocycles. The quantitative estimate of drug-likeness (QED) is 0.621. The molecule has 8 heteroatoms. The maximum absolute atomic E-state index is 13.0. The van der Waals surface area contributed by atoms with Crippen LogP contribution < -0.4 is 11.1 Å². The monoisotopic (exact) mass is 259 g/mol. The van der Waals surface area contributed by atoms with E-state index in [2.05, 4.69) is 5.32 Å². The number of hydrogen-bond acceptors (Lipinski definition) is 4. The van der Waals surface area contributed by atoms with E-state index in [1.807, 2.05) is 0 Å². The zero-order valence-electron chi connectivity index (χ0n) is 9.44. The summed E-state index contributed by atoms with van der Waals surface area (Å²) in [6.07, 6.45) is 0. The van der Waals surface area contributed by atoms with Gasteiger partial charge in [0.2, 0.25) is 0 Å². The molecule has 1 aromatic carbocycles. The Balaban J connectivity index is 3.18. The largest absolute Gasteiger partial charge is 0.348 e. The van der Waals surface area contributed by atoms with E-state index in [0.717, 1.165) is 0 Å². The molecule has 1 unspecified atom stereocenters. The standard InChI is InChI=1S/C10H11F2N3O3/c1-5(4-13)14-10(16)6-2-7(11)8(12)3-9(6)15(17)18/h2-3,5H,4,13H2,1H3,(H,14,16). The molecule has 0 aliphatic rings. The van der Waals surface area contributed by atoms with Crippen LogP contribution in [0.1, 0.15) is 17.3 Å². The Bertz CT molecular complexity index is 494. The lowest BCUT2D eigenvalue weighted by Gasteiger charge is -2.11. The molecule has 0 aliphatic heterocycles. The second-order valence-electron chi connectivity index (χ2n) is 3.65. The SMILES string of the molecule is CC(CN)NC(=O)c1cc(F)c(F)cc1[N+](=O)[O-]. The number of rotatable bonds is 4. The van der Waals surface area contributed by atoms with Crippen LogP contribution in [0.2, 0.25) is 0 Å². The molecule has 0 heterocycles. The van der Waals surface area contributed by atoms with Crippen molar-refractivity contribution >= 4 is 11.6 Å². The predicted octanol–water partition coefficient (Wildman–Crippen LogP) is 0.950. The highest BCUT2D eigenvalue weighted by Crippen LogP contribution is 2.22. The van der Waals surface area contributed by atoms with E-state index in [1.165, 1.54) is 0 Å². The molecule has 0 saturated heterocycles. The number of nitro groups is 1. The topological polar surface area (TPSA) is 98.3 Å². The molecule has 1 aromatic rings. The third-order valence-electron chi connectivity index (χ3n) is 2.21. The van der Waals surface area contributed by atoms with Crippen LogP contribution in [-0.2, 0) is 0 Å². The van der Waals surface area contributed by atoms with Crippen molar-refractivity contribution in [2.45, 2.75) is 13.0 Å². The molecule has 0 spiro atoms. The number of nitro benzene ring substituents is 1. The molecule has 0 fully saturated rings. The third-order valence-corrected chi connectivity index (χ3v) is 2.21. The number of halogens is 2. The van der Waals surface area contributed by atoms with Crippen molar-refractivity contribution in [2.24, 2.45) is 5.73 Å². The van der Waals surface area contributed by atoms with Crippen LogP contribution in [0.3, 0.4) is 0 Å². The van der Waals surface area contributed by atoms with Crippen LogP contribution in [0, 0.1) is 21.7 Å². The van der Waals surface area contributed by atoms with Gasteiger partial charge in [0.05, 0.1) is 11.0 Å². The fourth-order valence-electron chi connectivity index (χ4n) is 1.23. The first-order chi connectivity index (χ1) is 8.36. The molecular formula is C10H11F2N3O3. The second kappa shape index (κ2) is 5.50. The summed E-state index contributed by atoms with van der Waals surface area (Å²) < 4.78 is 25.9. The highest BCUT2D eigenvalue weighted by Gasteiger charge is 2.24. The van der Waals surface area contributed by atoms with Gasteiger partial charge in [0.1, 0.15) is 5.56 Å². The zero-order valence-corrected chi connectivity index (χ0v) is 9.44. The number of amides is 1. The summed E-state index contributed by atoms with van der Waals surface area (Å²) in [7, 11) is 0. The number of nitrogens with one attached hydrogen (secondary N) is 1. The summed E-state index contributed by atoms with van der Waals surface area (Å²) >= 11 is 0. The van der Waals surface area contributed by atoms with Crippen molar-refractivity contribution in [3.63, 3.8) is 0 Å². The van der Waals surface area contributed by atoms with Crippen molar-refractivity contribution in [1.82, 2.24) is 5.32 Å². The fourth-order valence-corrected chi connectivity index (χ4v) is 1.23.